The van der Waals surface area contributed by atoms with Gasteiger partial charge in [-0.05, 0) is 31.2 Å². The minimum atomic E-state index is -4.61. The minimum absolute atomic E-state index is 0.0541. The molecule has 9 heteroatoms. The number of carbonyl (C=O) groups is 2. The van der Waals surface area contributed by atoms with Crippen LogP contribution in [0.2, 0.25) is 0 Å². The number of quaternary nitrogens is 1. The number of H-pyrrole nitrogens is 1. The number of urea groups is 1. The monoisotopic (exact) mass is 445 g/mol. The van der Waals surface area contributed by atoms with Crippen molar-refractivity contribution in [2.75, 3.05) is 11.9 Å². The molecule has 2 N–H and O–H groups in total. The number of aryl methyl sites for hydroxylation is 1. The highest BCUT2D eigenvalue weighted by molar-refractivity contribution is 5.93. The molecule has 2 atom stereocenters. The van der Waals surface area contributed by atoms with Gasteiger partial charge in [-0.25, -0.2) is 14.6 Å². The number of imidazole rings is 1. The number of rotatable bonds is 4. The van der Waals surface area contributed by atoms with Crippen LogP contribution in [0, 0.1) is 0 Å². The van der Waals surface area contributed by atoms with E-state index in [1.165, 1.54) is 18.2 Å². The number of aromatic amines is 1. The lowest BCUT2D eigenvalue weighted by Crippen LogP contribution is -2.60. The molecule has 0 radical (unpaired) electrons. The van der Waals surface area contributed by atoms with Gasteiger partial charge in [0, 0.05) is 19.3 Å². The van der Waals surface area contributed by atoms with Gasteiger partial charge in [0.2, 0.25) is 0 Å². The van der Waals surface area contributed by atoms with Crippen molar-refractivity contribution in [2.24, 2.45) is 0 Å². The molecule has 1 unspecified atom stereocenters. The van der Waals surface area contributed by atoms with E-state index in [4.69, 9.17) is 0 Å². The summed E-state index contributed by atoms with van der Waals surface area (Å²) in [6.45, 7) is 2.06. The number of aromatic nitrogens is 2. The molecule has 2 aromatic carbocycles. The summed E-state index contributed by atoms with van der Waals surface area (Å²) in [5.41, 5.74) is 0.365. The molecule has 0 aliphatic carbocycles. The normalized spacial score (nSPS) is 21.1. The zero-order valence-corrected chi connectivity index (χ0v) is 17.6. The maximum Gasteiger partial charge on any atom is 0.428 e. The highest BCUT2D eigenvalue weighted by atomic mass is 19.4. The third-order valence-electron chi connectivity index (χ3n) is 6.18. The number of alkyl halides is 3. The molecule has 2 heterocycles. The van der Waals surface area contributed by atoms with Gasteiger partial charge >= 0.3 is 18.1 Å². The highest BCUT2D eigenvalue weighted by Crippen LogP contribution is 2.36. The second kappa shape index (κ2) is 8.38. The van der Waals surface area contributed by atoms with Crippen molar-refractivity contribution < 1.29 is 27.2 Å². The molecular formula is C23H24F3N4O2+. The van der Waals surface area contributed by atoms with Crippen molar-refractivity contribution in [1.82, 2.24) is 9.97 Å². The average molecular weight is 445 g/mol. The predicted molar refractivity (Wildman–Crippen MR) is 114 cm³/mol. The predicted octanol–water partition coefficient (Wildman–Crippen LogP) is 5.27. The molecule has 0 spiro atoms. The van der Waals surface area contributed by atoms with Crippen molar-refractivity contribution in [3.63, 3.8) is 0 Å². The fraction of sp³-hybridized carbons (Fsp3) is 0.348. The first-order valence-electron chi connectivity index (χ1n) is 10.5. The molecule has 1 saturated heterocycles. The van der Waals surface area contributed by atoms with Gasteiger partial charge in [0.25, 0.3) is 0 Å². The number of benzene rings is 2. The van der Waals surface area contributed by atoms with Gasteiger partial charge in [-0.15, -0.1) is 0 Å². The Morgan fingerprint density at radius 2 is 1.88 bits per heavy atom. The number of hydrogen-bond donors (Lipinski definition) is 2. The van der Waals surface area contributed by atoms with Crippen molar-refractivity contribution >= 4 is 28.7 Å². The number of fused-ring (bicyclic) bond motifs is 1. The topological polar surface area (TPSA) is 74.8 Å². The number of hydrogen-bond acceptors (Lipinski definition) is 3. The summed E-state index contributed by atoms with van der Waals surface area (Å²) in [6.07, 6.45) is -2.96. The summed E-state index contributed by atoms with van der Waals surface area (Å²) in [6, 6.07) is 11.3. The molecular weight excluding hydrogens is 421 g/mol. The number of para-hydroxylation sites is 3. The summed E-state index contributed by atoms with van der Waals surface area (Å²) >= 11 is 0. The fourth-order valence-corrected chi connectivity index (χ4v) is 4.47. The van der Waals surface area contributed by atoms with Crippen LogP contribution in [-0.4, -0.2) is 39.0 Å². The highest BCUT2D eigenvalue weighted by Gasteiger charge is 2.52. The van der Waals surface area contributed by atoms with E-state index in [1.807, 2.05) is 24.3 Å². The van der Waals surface area contributed by atoms with E-state index in [2.05, 4.69) is 15.3 Å². The van der Waals surface area contributed by atoms with Gasteiger partial charge in [0.05, 0.1) is 35.2 Å². The van der Waals surface area contributed by atoms with Gasteiger partial charge in [-0.1, -0.05) is 24.3 Å². The Kier molecular flexibility index (Phi) is 5.77. The number of halogens is 3. The Balaban J connectivity index is 1.56. The van der Waals surface area contributed by atoms with Crippen LogP contribution in [0.5, 0.6) is 0 Å². The van der Waals surface area contributed by atoms with Crippen molar-refractivity contribution in [3.8, 4) is 0 Å². The summed E-state index contributed by atoms with van der Waals surface area (Å²) < 4.78 is 39.6. The number of anilines is 1. The molecule has 0 bridgehead atoms. The second-order valence-corrected chi connectivity index (χ2v) is 8.15. The van der Waals surface area contributed by atoms with Gasteiger partial charge in [0.1, 0.15) is 11.9 Å². The Morgan fingerprint density at radius 3 is 2.56 bits per heavy atom. The first kappa shape index (κ1) is 22.0. The lowest BCUT2D eigenvalue weighted by molar-refractivity contribution is -0.782. The lowest BCUT2D eigenvalue weighted by atomic mass is 10.1. The number of nitrogens with one attached hydrogen (secondary N) is 2. The maximum atomic E-state index is 13.4. The number of carbonyl (C=O) groups excluding carboxylic acids is 2. The van der Waals surface area contributed by atoms with E-state index in [1.54, 1.807) is 6.92 Å². The van der Waals surface area contributed by atoms with Crippen LogP contribution in [0.15, 0.2) is 48.5 Å². The van der Waals surface area contributed by atoms with Gasteiger partial charge < -0.3 is 4.98 Å². The molecule has 3 amide bonds. The fourth-order valence-electron chi connectivity index (χ4n) is 4.47. The van der Waals surface area contributed by atoms with Crippen LogP contribution in [0.3, 0.4) is 0 Å². The van der Waals surface area contributed by atoms with Gasteiger partial charge in [-0.3, -0.25) is 5.32 Å². The quantitative estimate of drug-likeness (QED) is 0.537. The number of amides is 3. The van der Waals surface area contributed by atoms with Crippen LogP contribution >= 0.6 is 0 Å². The maximum absolute atomic E-state index is 13.4. The molecule has 0 saturated carbocycles. The van der Waals surface area contributed by atoms with Crippen LogP contribution in [0.25, 0.3) is 11.0 Å². The standard InChI is InChI=1S/C23H23F3N4O2/c1-15-7-6-14-30(15,22(32)29-17-9-3-2-8-16(17)23(24,25)26)21(31)13-12-20-27-18-10-4-5-11-19(18)28-20/h2-5,8-11,15H,6-7,12-14H2,1H3,(H-,27,28,29,32)/p+1/t15-,30?/m1/s1. The second-order valence-electron chi connectivity index (χ2n) is 8.15. The summed E-state index contributed by atoms with van der Waals surface area (Å²) in [4.78, 5) is 34.2. The van der Waals surface area contributed by atoms with Gasteiger partial charge in [-0.2, -0.15) is 17.7 Å². The zero-order chi connectivity index (χ0) is 22.9. The number of nitrogens with zero attached hydrogens (tertiary/aromatic N) is 2. The van der Waals surface area contributed by atoms with E-state index in [0.29, 0.717) is 25.1 Å². The van der Waals surface area contributed by atoms with E-state index >= 15 is 0 Å². The van der Waals surface area contributed by atoms with E-state index in [0.717, 1.165) is 17.1 Å². The Bertz CT molecular complexity index is 1120. The molecule has 32 heavy (non-hydrogen) atoms. The Labute approximate surface area is 183 Å². The Morgan fingerprint density at radius 1 is 1.16 bits per heavy atom. The van der Waals surface area contributed by atoms with Crippen molar-refractivity contribution in [2.45, 2.75) is 44.8 Å². The zero-order valence-electron chi connectivity index (χ0n) is 17.6. The third kappa shape index (κ3) is 4.00. The SMILES string of the molecule is C[C@@H]1CCC[N+]1(C(=O)CCc1nc2ccccc2[nH]1)C(=O)Nc1ccccc1C(F)(F)F. The number of likely N-dealkylation sites (tertiary alicyclic amines) is 1. The molecule has 1 fully saturated rings. The van der Waals surface area contributed by atoms with Crippen LogP contribution < -0.4 is 5.32 Å². The largest absolute Gasteiger partial charge is 0.428 e. The summed E-state index contributed by atoms with van der Waals surface area (Å²) in [5, 5.41) is 2.40. The number of imide groups is 1. The molecule has 1 aromatic heterocycles. The molecule has 4 rings (SSSR count). The van der Waals surface area contributed by atoms with Crippen LogP contribution in [0.4, 0.5) is 23.7 Å². The lowest BCUT2D eigenvalue weighted by Gasteiger charge is -2.33. The van der Waals surface area contributed by atoms with E-state index < -0.39 is 22.3 Å². The summed E-state index contributed by atoms with van der Waals surface area (Å²) in [5.74, 6) is 0.310. The van der Waals surface area contributed by atoms with Crippen molar-refractivity contribution in [3.05, 3.63) is 59.9 Å². The third-order valence-corrected chi connectivity index (χ3v) is 6.18. The molecule has 168 valence electrons. The Hall–Kier alpha value is -3.20. The summed E-state index contributed by atoms with van der Waals surface area (Å²) in [7, 11) is 0. The molecule has 6 nitrogen and oxygen atoms in total. The first-order valence-corrected chi connectivity index (χ1v) is 10.5. The molecule has 1 aliphatic rings. The minimum Gasteiger partial charge on any atom is -0.342 e. The molecule has 3 aromatic rings. The first-order chi connectivity index (χ1) is 15.2. The van der Waals surface area contributed by atoms with Crippen LogP contribution in [0.1, 0.15) is 37.6 Å². The van der Waals surface area contributed by atoms with Gasteiger partial charge in [0.15, 0.2) is 0 Å². The van der Waals surface area contributed by atoms with Crippen molar-refractivity contribution in [1.29, 1.82) is 0 Å². The van der Waals surface area contributed by atoms with Crippen LogP contribution in [-0.2, 0) is 17.4 Å². The average Bonchev–Trinajstić information content (AvgIpc) is 3.35. The van der Waals surface area contributed by atoms with E-state index in [9.17, 15) is 22.8 Å². The molecule has 1 aliphatic heterocycles. The van der Waals surface area contributed by atoms with E-state index in [-0.39, 0.29) is 30.6 Å². The smallest absolute Gasteiger partial charge is 0.342 e.